The molecule has 1 saturated heterocycles. The van der Waals surface area contributed by atoms with Gasteiger partial charge in [-0.3, -0.25) is 9.78 Å². The van der Waals surface area contributed by atoms with Crippen LogP contribution in [0.4, 0.5) is 0 Å². The van der Waals surface area contributed by atoms with Gasteiger partial charge in [0.05, 0.1) is 5.56 Å². The topological polar surface area (TPSA) is 59.2 Å². The van der Waals surface area contributed by atoms with E-state index in [0.717, 1.165) is 24.0 Å². The number of carbonyl (C=O) groups excluding carboxylic acids is 1. The van der Waals surface area contributed by atoms with Crippen LogP contribution in [0.25, 0.3) is 0 Å². The number of hydrogen-bond donors (Lipinski definition) is 1. The Bertz CT molecular complexity index is 431. The Morgan fingerprint density at radius 1 is 1.53 bits per heavy atom. The maximum atomic E-state index is 12.2. The van der Waals surface area contributed by atoms with Gasteiger partial charge < -0.3 is 10.6 Å². The van der Waals surface area contributed by atoms with Crippen LogP contribution in [0.2, 0.25) is 0 Å². The summed E-state index contributed by atoms with van der Waals surface area (Å²) in [6.45, 7) is 3.54. The molecule has 2 unspecified atom stereocenters. The Hall–Kier alpha value is -0.360. The van der Waals surface area contributed by atoms with Gasteiger partial charge in [-0.25, -0.2) is 0 Å². The summed E-state index contributed by atoms with van der Waals surface area (Å²) in [5.41, 5.74) is 6.49. The molecule has 2 heterocycles. The third-order valence-corrected chi connectivity index (χ3v) is 3.64. The molecule has 1 aromatic heterocycles. The number of hydrogen-bond acceptors (Lipinski definition) is 3. The normalized spacial score (nSPS) is 19.3. The van der Waals surface area contributed by atoms with Crippen molar-refractivity contribution in [2.24, 2.45) is 11.7 Å². The highest BCUT2D eigenvalue weighted by molar-refractivity contribution is 9.10. The minimum absolute atomic E-state index is 0. The summed E-state index contributed by atoms with van der Waals surface area (Å²) in [6, 6.07) is 1.95. The second-order valence-corrected chi connectivity index (χ2v) is 5.47. The lowest BCUT2D eigenvalue weighted by molar-refractivity contribution is 0.0785. The maximum absolute atomic E-state index is 12.2. The predicted octanol–water partition coefficient (Wildman–Crippen LogP) is 2.50. The van der Waals surface area contributed by atoms with Crippen molar-refractivity contribution in [1.29, 1.82) is 0 Å². The van der Waals surface area contributed by atoms with Gasteiger partial charge in [-0.2, -0.15) is 0 Å². The van der Waals surface area contributed by atoms with Crippen LogP contribution in [0.5, 0.6) is 0 Å². The molecule has 0 bridgehead atoms. The standard InChI is InChI=1S/C12H16BrN3O.2ClH/c1-8(14)9-2-3-16(7-9)12(17)10-4-11(13)6-15-5-10;;/h4-6,8-9H,2-3,7,14H2,1H3;2*1H. The molecule has 7 heteroatoms. The second kappa shape index (κ2) is 8.04. The number of pyridine rings is 1. The number of rotatable bonds is 2. The van der Waals surface area contributed by atoms with Crippen molar-refractivity contribution in [3.8, 4) is 0 Å². The average molecular weight is 371 g/mol. The number of nitrogens with two attached hydrogens (primary N) is 1. The van der Waals surface area contributed by atoms with Crippen molar-refractivity contribution in [1.82, 2.24) is 9.88 Å². The van der Waals surface area contributed by atoms with Gasteiger partial charge in [-0.15, -0.1) is 24.8 Å². The lowest BCUT2D eigenvalue weighted by atomic mass is 10.0. The monoisotopic (exact) mass is 369 g/mol. The Kier molecular flexibility index (Phi) is 7.89. The molecule has 2 atom stereocenters. The highest BCUT2D eigenvalue weighted by atomic mass is 79.9. The number of halogens is 3. The van der Waals surface area contributed by atoms with Crippen molar-refractivity contribution in [2.75, 3.05) is 13.1 Å². The molecule has 1 aliphatic rings. The second-order valence-electron chi connectivity index (χ2n) is 4.55. The van der Waals surface area contributed by atoms with Gasteiger partial charge in [0.2, 0.25) is 0 Å². The van der Waals surface area contributed by atoms with Crippen molar-refractivity contribution in [3.63, 3.8) is 0 Å². The summed E-state index contributed by atoms with van der Waals surface area (Å²) < 4.78 is 0.825. The molecule has 0 spiro atoms. The molecule has 1 aliphatic heterocycles. The Balaban J connectivity index is 0.00000162. The molecule has 0 radical (unpaired) electrons. The molecule has 1 fully saturated rings. The molecule has 2 rings (SSSR count). The van der Waals surface area contributed by atoms with Crippen molar-refractivity contribution >= 4 is 46.7 Å². The van der Waals surface area contributed by atoms with Crippen LogP contribution in [0.15, 0.2) is 22.9 Å². The van der Waals surface area contributed by atoms with Gasteiger partial charge in [0.25, 0.3) is 5.91 Å². The minimum atomic E-state index is 0. The molecule has 0 aliphatic carbocycles. The van der Waals surface area contributed by atoms with Crippen LogP contribution in [0.3, 0.4) is 0 Å². The maximum Gasteiger partial charge on any atom is 0.255 e. The first kappa shape index (κ1) is 18.6. The number of likely N-dealkylation sites (tertiary alicyclic amines) is 1. The van der Waals surface area contributed by atoms with E-state index in [4.69, 9.17) is 5.73 Å². The fourth-order valence-corrected chi connectivity index (χ4v) is 2.48. The van der Waals surface area contributed by atoms with Gasteiger partial charge in [-0.05, 0) is 41.3 Å². The van der Waals surface area contributed by atoms with Crippen molar-refractivity contribution in [2.45, 2.75) is 19.4 Å². The van der Waals surface area contributed by atoms with E-state index >= 15 is 0 Å². The molecular weight excluding hydrogens is 353 g/mol. The summed E-state index contributed by atoms with van der Waals surface area (Å²) in [5, 5.41) is 0. The van der Waals surface area contributed by atoms with Gasteiger partial charge >= 0.3 is 0 Å². The van der Waals surface area contributed by atoms with E-state index in [1.165, 1.54) is 0 Å². The van der Waals surface area contributed by atoms with Crippen LogP contribution in [-0.4, -0.2) is 34.9 Å². The Morgan fingerprint density at radius 3 is 2.74 bits per heavy atom. The van der Waals surface area contributed by atoms with Crippen LogP contribution in [0.1, 0.15) is 23.7 Å². The molecule has 1 aromatic rings. The first-order valence-electron chi connectivity index (χ1n) is 5.73. The predicted molar refractivity (Wildman–Crippen MR) is 84.1 cm³/mol. The molecule has 4 nitrogen and oxygen atoms in total. The minimum Gasteiger partial charge on any atom is -0.338 e. The zero-order chi connectivity index (χ0) is 12.4. The zero-order valence-electron chi connectivity index (χ0n) is 10.6. The summed E-state index contributed by atoms with van der Waals surface area (Å²) in [5.74, 6) is 0.459. The van der Waals surface area contributed by atoms with E-state index in [9.17, 15) is 4.79 Å². The molecule has 0 aromatic carbocycles. The SMILES string of the molecule is CC(N)C1CCN(C(=O)c2cncc(Br)c2)C1.Cl.Cl. The van der Waals surface area contributed by atoms with Crippen LogP contribution in [0, 0.1) is 5.92 Å². The summed E-state index contributed by atoms with van der Waals surface area (Å²) in [4.78, 5) is 18.1. The van der Waals surface area contributed by atoms with Crippen LogP contribution < -0.4 is 5.73 Å². The molecule has 0 saturated carbocycles. The van der Waals surface area contributed by atoms with E-state index in [1.807, 2.05) is 11.8 Å². The molecule has 108 valence electrons. The first-order chi connectivity index (χ1) is 8.08. The van der Waals surface area contributed by atoms with E-state index < -0.39 is 0 Å². The molecule has 2 N–H and O–H groups in total. The van der Waals surface area contributed by atoms with Crippen LogP contribution in [-0.2, 0) is 0 Å². The lowest BCUT2D eigenvalue weighted by Crippen LogP contribution is -2.33. The van der Waals surface area contributed by atoms with Gasteiger partial charge in [-0.1, -0.05) is 0 Å². The third kappa shape index (κ3) is 4.60. The van der Waals surface area contributed by atoms with Gasteiger partial charge in [0, 0.05) is 36.0 Å². The number of carbonyl (C=O) groups is 1. The summed E-state index contributed by atoms with van der Waals surface area (Å²) >= 11 is 3.32. The van der Waals surface area contributed by atoms with E-state index in [0.29, 0.717) is 11.5 Å². The smallest absolute Gasteiger partial charge is 0.255 e. The fraction of sp³-hybridized carbons (Fsp3) is 0.500. The van der Waals surface area contributed by atoms with Crippen LogP contribution >= 0.6 is 40.7 Å². The van der Waals surface area contributed by atoms with E-state index in [2.05, 4.69) is 20.9 Å². The average Bonchev–Trinajstić information content (AvgIpc) is 2.77. The largest absolute Gasteiger partial charge is 0.338 e. The van der Waals surface area contributed by atoms with Crippen molar-refractivity contribution < 1.29 is 4.79 Å². The number of amides is 1. The van der Waals surface area contributed by atoms with E-state index in [-0.39, 0.29) is 36.8 Å². The van der Waals surface area contributed by atoms with Gasteiger partial charge in [0.1, 0.15) is 0 Å². The highest BCUT2D eigenvalue weighted by Gasteiger charge is 2.28. The summed E-state index contributed by atoms with van der Waals surface area (Å²) in [6.07, 6.45) is 4.27. The third-order valence-electron chi connectivity index (χ3n) is 3.21. The Morgan fingerprint density at radius 2 is 2.21 bits per heavy atom. The number of nitrogens with zero attached hydrogens (tertiary/aromatic N) is 2. The lowest BCUT2D eigenvalue weighted by Gasteiger charge is -2.18. The fourth-order valence-electron chi connectivity index (χ4n) is 2.11. The number of aromatic nitrogens is 1. The van der Waals surface area contributed by atoms with Gasteiger partial charge in [0.15, 0.2) is 0 Å². The Labute approximate surface area is 134 Å². The highest BCUT2D eigenvalue weighted by Crippen LogP contribution is 2.21. The zero-order valence-corrected chi connectivity index (χ0v) is 13.8. The van der Waals surface area contributed by atoms with E-state index in [1.54, 1.807) is 18.5 Å². The molecule has 1 amide bonds. The molecular formula is C12H18BrCl2N3O. The quantitative estimate of drug-likeness (QED) is 0.869. The first-order valence-corrected chi connectivity index (χ1v) is 6.52. The molecule has 19 heavy (non-hydrogen) atoms. The van der Waals surface area contributed by atoms with Crippen molar-refractivity contribution in [3.05, 3.63) is 28.5 Å². The summed E-state index contributed by atoms with van der Waals surface area (Å²) in [7, 11) is 0.